The molecule has 0 radical (unpaired) electrons. The number of halogens is 1. The van der Waals surface area contributed by atoms with Crippen molar-refractivity contribution in [1.82, 2.24) is 5.32 Å². The van der Waals surface area contributed by atoms with Crippen molar-refractivity contribution >= 4 is 0 Å². The van der Waals surface area contributed by atoms with Gasteiger partial charge in [0.25, 0.3) is 0 Å². The highest BCUT2D eigenvalue weighted by atomic mass is 19.1. The third-order valence-electron chi connectivity index (χ3n) is 2.67. The number of benzene rings is 1. The highest BCUT2D eigenvalue weighted by Gasteiger charge is 2.17. The number of hydrogen-bond acceptors (Lipinski definition) is 2. The fourth-order valence-electron chi connectivity index (χ4n) is 1.83. The van der Waals surface area contributed by atoms with Gasteiger partial charge < -0.3 is 9.73 Å². The van der Waals surface area contributed by atoms with E-state index in [-0.39, 0.29) is 11.9 Å². The first kappa shape index (κ1) is 10.9. The summed E-state index contributed by atoms with van der Waals surface area (Å²) < 4.78 is 18.6. The monoisotopic (exact) mass is 219 g/mol. The van der Waals surface area contributed by atoms with Crippen LogP contribution in [-0.2, 0) is 0 Å². The van der Waals surface area contributed by atoms with Gasteiger partial charge in [0, 0.05) is 0 Å². The molecule has 0 spiro atoms. The smallest absolute Gasteiger partial charge is 0.125 e. The highest BCUT2D eigenvalue weighted by molar-refractivity contribution is 5.34. The molecule has 0 aliphatic rings. The summed E-state index contributed by atoms with van der Waals surface area (Å²) in [7, 11) is 1.83. The Kier molecular flexibility index (Phi) is 3.06. The van der Waals surface area contributed by atoms with Gasteiger partial charge in [-0.1, -0.05) is 6.07 Å². The van der Waals surface area contributed by atoms with Crippen LogP contribution in [0.2, 0.25) is 0 Å². The summed E-state index contributed by atoms with van der Waals surface area (Å²) in [6.45, 7) is 1.96. The van der Waals surface area contributed by atoms with Gasteiger partial charge in [-0.3, -0.25) is 0 Å². The van der Waals surface area contributed by atoms with E-state index < -0.39 is 0 Å². The van der Waals surface area contributed by atoms with E-state index in [4.69, 9.17) is 4.42 Å². The molecule has 2 aromatic rings. The zero-order valence-corrected chi connectivity index (χ0v) is 9.33. The molecule has 0 saturated heterocycles. The maximum Gasteiger partial charge on any atom is 0.125 e. The lowest BCUT2D eigenvalue weighted by atomic mass is 9.99. The Morgan fingerprint density at radius 3 is 2.75 bits per heavy atom. The Bertz CT molecular complexity index is 465. The summed E-state index contributed by atoms with van der Waals surface area (Å²) in [6.07, 6.45) is 1.62. The van der Waals surface area contributed by atoms with Crippen LogP contribution in [-0.4, -0.2) is 7.05 Å². The quantitative estimate of drug-likeness (QED) is 0.858. The van der Waals surface area contributed by atoms with Gasteiger partial charge in [-0.05, 0) is 49.4 Å². The molecule has 1 heterocycles. The van der Waals surface area contributed by atoms with E-state index in [2.05, 4.69) is 5.32 Å². The number of furan rings is 1. The molecule has 0 bridgehead atoms. The number of rotatable bonds is 3. The van der Waals surface area contributed by atoms with Crippen molar-refractivity contribution < 1.29 is 8.81 Å². The Morgan fingerprint density at radius 2 is 2.12 bits per heavy atom. The Hall–Kier alpha value is -1.61. The predicted octanol–water partition coefficient (Wildman–Crippen LogP) is 3.04. The maximum absolute atomic E-state index is 13.2. The second kappa shape index (κ2) is 4.49. The highest BCUT2D eigenvalue weighted by Crippen LogP contribution is 2.25. The van der Waals surface area contributed by atoms with E-state index in [0.717, 1.165) is 16.9 Å². The second-order valence-electron chi connectivity index (χ2n) is 3.74. The molecule has 1 unspecified atom stereocenters. The summed E-state index contributed by atoms with van der Waals surface area (Å²) >= 11 is 0. The molecule has 1 N–H and O–H groups in total. The lowest BCUT2D eigenvalue weighted by Gasteiger charge is -2.16. The van der Waals surface area contributed by atoms with Crippen LogP contribution in [0.5, 0.6) is 0 Å². The van der Waals surface area contributed by atoms with E-state index in [0.29, 0.717) is 0 Å². The van der Waals surface area contributed by atoms with Crippen molar-refractivity contribution in [2.75, 3.05) is 7.05 Å². The van der Waals surface area contributed by atoms with Crippen LogP contribution in [0, 0.1) is 12.7 Å². The summed E-state index contributed by atoms with van der Waals surface area (Å²) in [5.74, 6) is 0.559. The third-order valence-corrected chi connectivity index (χ3v) is 2.67. The minimum absolute atomic E-state index is 0.106. The minimum atomic E-state index is -0.229. The van der Waals surface area contributed by atoms with Crippen LogP contribution in [0.1, 0.15) is 22.9 Å². The third kappa shape index (κ3) is 1.99. The standard InChI is InChI=1S/C13H14FNO/c1-9-5-6-10(14)8-11(9)13(15-2)12-4-3-7-16-12/h3-8,13,15H,1-2H3. The second-order valence-corrected chi connectivity index (χ2v) is 3.74. The SMILES string of the molecule is CNC(c1ccco1)c1cc(F)ccc1C. The number of nitrogens with one attached hydrogen (secondary N) is 1. The van der Waals surface area contributed by atoms with Gasteiger partial charge in [-0.25, -0.2) is 4.39 Å². The summed E-state index contributed by atoms with van der Waals surface area (Å²) in [5.41, 5.74) is 1.94. The summed E-state index contributed by atoms with van der Waals surface area (Å²) in [6, 6.07) is 8.38. The lowest BCUT2D eigenvalue weighted by molar-refractivity contribution is 0.461. The zero-order chi connectivity index (χ0) is 11.5. The molecule has 1 aromatic carbocycles. The van der Waals surface area contributed by atoms with Crippen molar-refractivity contribution in [3.8, 4) is 0 Å². The van der Waals surface area contributed by atoms with Gasteiger partial charge in [0.2, 0.25) is 0 Å². The van der Waals surface area contributed by atoms with Crippen LogP contribution in [0.4, 0.5) is 4.39 Å². The Labute approximate surface area is 94.1 Å². The normalized spacial score (nSPS) is 12.7. The van der Waals surface area contributed by atoms with Crippen LogP contribution < -0.4 is 5.32 Å². The van der Waals surface area contributed by atoms with Crippen molar-refractivity contribution in [1.29, 1.82) is 0 Å². The number of hydrogen-bond donors (Lipinski definition) is 1. The van der Waals surface area contributed by atoms with Crippen LogP contribution in [0.25, 0.3) is 0 Å². The minimum Gasteiger partial charge on any atom is -0.467 e. The Morgan fingerprint density at radius 1 is 1.31 bits per heavy atom. The molecular formula is C13H14FNO. The van der Waals surface area contributed by atoms with Gasteiger partial charge in [0.1, 0.15) is 11.6 Å². The molecular weight excluding hydrogens is 205 g/mol. The molecule has 0 amide bonds. The lowest BCUT2D eigenvalue weighted by Crippen LogP contribution is -2.18. The van der Waals surface area contributed by atoms with Gasteiger partial charge in [-0.15, -0.1) is 0 Å². The largest absolute Gasteiger partial charge is 0.467 e. The van der Waals surface area contributed by atoms with E-state index in [9.17, 15) is 4.39 Å². The first-order valence-corrected chi connectivity index (χ1v) is 5.19. The van der Waals surface area contributed by atoms with Gasteiger partial charge in [0.05, 0.1) is 12.3 Å². The molecule has 2 nitrogen and oxygen atoms in total. The van der Waals surface area contributed by atoms with Crippen LogP contribution in [0.3, 0.4) is 0 Å². The maximum atomic E-state index is 13.2. The molecule has 0 aliphatic carbocycles. The molecule has 16 heavy (non-hydrogen) atoms. The van der Waals surface area contributed by atoms with Crippen LogP contribution >= 0.6 is 0 Å². The number of aryl methyl sites for hydroxylation is 1. The van der Waals surface area contributed by atoms with E-state index in [1.807, 2.05) is 26.1 Å². The van der Waals surface area contributed by atoms with E-state index in [1.54, 1.807) is 18.4 Å². The molecule has 2 rings (SSSR count). The van der Waals surface area contributed by atoms with Gasteiger partial charge in [0.15, 0.2) is 0 Å². The first-order chi connectivity index (χ1) is 7.72. The molecule has 0 aliphatic heterocycles. The van der Waals surface area contributed by atoms with Crippen LogP contribution in [0.15, 0.2) is 41.0 Å². The zero-order valence-electron chi connectivity index (χ0n) is 9.33. The van der Waals surface area contributed by atoms with Gasteiger partial charge >= 0.3 is 0 Å². The topological polar surface area (TPSA) is 25.2 Å². The molecule has 1 atom stereocenters. The Balaban J connectivity index is 2.44. The molecule has 84 valence electrons. The molecule has 1 aromatic heterocycles. The molecule has 0 fully saturated rings. The summed E-state index contributed by atoms with van der Waals surface area (Å²) in [5, 5.41) is 3.13. The average molecular weight is 219 g/mol. The molecule has 0 saturated carbocycles. The van der Waals surface area contributed by atoms with Crippen molar-refractivity contribution in [3.63, 3.8) is 0 Å². The van der Waals surface area contributed by atoms with E-state index in [1.165, 1.54) is 6.07 Å². The van der Waals surface area contributed by atoms with Crippen molar-refractivity contribution in [2.24, 2.45) is 0 Å². The van der Waals surface area contributed by atoms with Crippen molar-refractivity contribution in [2.45, 2.75) is 13.0 Å². The fourth-order valence-corrected chi connectivity index (χ4v) is 1.83. The van der Waals surface area contributed by atoms with E-state index >= 15 is 0 Å². The average Bonchev–Trinajstić information content (AvgIpc) is 2.78. The van der Waals surface area contributed by atoms with Gasteiger partial charge in [-0.2, -0.15) is 0 Å². The van der Waals surface area contributed by atoms with Crippen molar-refractivity contribution in [3.05, 3.63) is 59.3 Å². The fraction of sp³-hybridized carbons (Fsp3) is 0.231. The first-order valence-electron chi connectivity index (χ1n) is 5.19. The summed E-state index contributed by atoms with van der Waals surface area (Å²) in [4.78, 5) is 0. The molecule has 3 heteroatoms. The predicted molar refractivity (Wildman–Crippen MR) is 60.7 cm³/mol.